The molecular weight excluding hydrogens is 192 g/mol. The molecule has 2 rings (SSSR count). The summed E-state index contributed by atoms with van der Waals surface area (Å²) < 4.78 is 5.20. The molecule has 0 amide bonds. The molecule has 0 radical (unpaired) electrons. The third-order valence-electron chi connectivity index (χ3n) is 2.24. The Labute approximate surface area is 88.0 Å². The van der Waals surface area contributed by atoms with Crippen LogP contribution in [0.3, 0.4) is 0 Å². The fourth-order valence-corrected chi connectivity index (χ4v) is 2.30. The lowest BCUT2D eigenvalue weighted by molar-refractivity contribution is 0.415. The Morgan fingerprint density at radius 3 is 2.71 bits per heavy atom. The summed E-state index contributed by atoms with van der Waals surface area (Å²) in [5.41, 5.74) is 3.85. The number of rotatable bonds is 2. The van der Waals surface area contributed by atoms with E-state index in [1.807, 2.05) is 12.1 Å². The van der Waals surface area contributed by atoms with Crippen LogP contribution in [-0.4, -0.2) is 7.11 Å². The van der Waals surface area contributed by atoms with Crippen molar-refractivity contribution in [2.45, 2.75) is 6.92 Å². The molecule has 0 bridgehead atoms. The Bertz CT molecular complexity index is 431. The maximum absolute atomic E-state index is 5.20. The van der Waals surface area contributed by atoms with Gasteiger partial charge < -0.3 is 4.74 Å². The molecule has 2 heteroatoms. The topological polar surface area (TPSA) is 9.23 Å². The van der Waals surface area contributed by atoms with Crippen molar-refractivity contribution in [1.29, 1.82) is 0 Å². The summed E-state index contributed by atoms with van der Waals surface area (Å²) >= 11 is 1.73. The van der Waals surface area contributed by atoms with Crippen molar-refractivity contribution in [3.05, 3.63) is 40.6 Å². The van der Waals surface area contributed by atoms with Crippen molar-refractivity contribution in [1.82, 2.24) is 0 Å². The van der Waals surface area contributed by atoms with Gasteiger partial charge in [0.25, 0.3) is 0 Å². The van der Waals surface area contributed by atoms with Gasteiger partial charge in [-0.05, 0) is 46.5 Å². The van der Waals surface area contributed by atoms with Crippen LogP contribution in [0.5, 0.6) is 5.75 Å². The number of methoxy groups -OCH3 is 1. The minimum Gasteiger partial charge on any atom is -0.497 e. The summed E-state index contributed by atoms with van der Waals surface area (Å²) in [6, 6.07) is 8.16. The van der Waals surface area contributed by atoms with Crippen molar-refractivity contribution in [2.24, 2.45) is 0 Å². The highest BCUT2D eigenvalue weighted by Crippen LogP contribution is 2.28. The first-order chi connectivity index (χ1) is 6.81. The quantitative estimate of drug-likeness (QED) is 0.724. The zero-order valence-electron chi connectivity index (χ0n) is 8.28. The predicted molar refractivity (Wildman–Crippen MR) is 61.0 cm³/mol. The number of thiophene rings is 1. The van der Waals surface area contributed by atoms with Crippen LogP contribution in [0.4, 0.5) is 0 Å². The van der Waals surface area contributed by atoms with Crippen LogP contribution in [-0.2, 0) is 0 Å². The largest absolute Gasteiger partial charge is 0.497 e. The van der Waals surface area contributed by atoms with Crippen molar-refractivity contribution in [3.8, 4) is 16.9 Å². The Morgan fingerprint density at radius 1 is 1.21 bits per heavy atom. The molecule has 0 aliphatic carbocycles. The lowest BCUT2D eigenvalue weighted by Crippen LogP contribution is -1.83. The second kappa shape index (κ2) is 3.84. The first-order valence-electron chi connectivity index (χ1n) is 4.48. The molecule has 1 aromatic carbocycles. The summed E-state index contributed by atoms with van der Waals surface area (Å²) in [5.74, 6) is 0.910. The zero-order chi connectivity index (χ0) is 9.97. The zero-order valence-corrected chi connectivity index (χ0v) is 9.10. The summed E-state index contributed by atoms with van der Waals surface area (Å²) in [6.07, 6.45) is 0. The average Bonchev–Trinajstić information content (AvgIpc) is 2.65. The Hall–Kier alpha value is -1.28. The number of ether oxygens (including phenoxy) is 1. The van der Waals surface area contributed by atoms with Crippen molar-refractivity contribution >= 4 is 11.3 Å². The van der Waals surface area contributed by atoms with Crippen molar-refractivity contribution in [3.63, 3.8) is 0 Å². The van der Waals surface area contributed by atoms with Crippen molar-refractivity contribution in [2.75, 3.05) is 7.11 Å². The third-order valence-corrected chi connectivity index (χ3v) is 3.10. The van der Waals surface area contributed by atoms with Gasteiger partial charge in [-0.1, -0.05) is 12.1 Å². The first-order valence-corrected chi connectivity index (χ1v) is 5.43. The molecule has 14 heavy (non-hydrogen) atoms. The summed E-state index contributed by atoms with van der Waals surface area (Å²) in [6.45, 7) is 2.13. The molecule has 0 unspecified atom stereocenters. The van der Waals surface area contributed by atoms with Gasteiger partial charge in [0.05, 0.1) is 7.11 Å². The van der Waals surface area contributed by atoms with Crippen LogP contribution < -0.4 is 4.74 Å². The minimum atomic E-state index is 0.910. The maximum Gasteiger partial charge on any atom is 0.119 e. The van der Waals surface area contributed by atoms with E-state index in [-0.39, 0.29) is 0 Å². The van der Waals surface area contributed by atoms with E-state index in [4.69, 9.17) is 4.74 Å². The molecule has 0 N–H and O–H groups in total. The minimum absolute atomic E-state index is 0.910. The molecule has 0 aliphatic heterocycles. The Morgan fingerprint density at radius 2 is 2.07 bits per heavy atom. The summed E-state index contributed by atoms with van der Waals surface area (Å²) in [7, 11) is 1.69. The monoisotopic (exact) mass is 204 g/mol. The van der Waals surface area contributed by atoms with E-state index < -0.39 is 0 Å². The van der Waals surface area contributed by atoms with Gasteiger partial charge in [0, 0.05) is 0 Å². The smallest absolute Gasteiger partial charge is 0.119 e. The lowest BCUT2D eigenvalue weighted by atomic mass is 10.1. The van der Waals surface area contributed by atoms with E-state index in [0.717, 1.165) is 5.75 Å². The number of hydrogen-bond donors (Lipinski definition) is 0. The lowest BCUT2D eigenvalue weighted by Gasteiger charge is -2.03. The van der Waals surface area contributed by atoms with E-state index in [1.165, 1.54) is 16.7 Å². The van der Waals surface area contributed by atoms with Gasteiger partial charge in [-0.15, -0.1) is 0 Å². The van der Waals surface area contributed by atoms with Gasteiger partial charge in [0.1, 0.15) is 5.75 Å². The Kier molecular flexibility index (Phi) is 2.55. The second-order valence-corrected chi connectivity index (χ2v) is 3.94. The normalized spacial score (nSPS) is 10.1. The van der Waals surface area contributed by atoms with Gasteiger partial charge >= 0.3 is 0 Å². The molecule has 2 aromatic rings. The van der Waals surface area contributed by atoms with E-state index in [1.54, 1.807) is 18.4 Å². The number of aryl methyl sites for hydroxylation is 1. The first kappa shape index (κ1) is 9.28. The fourth-order valence-electron chi connectivity index (χ4n) is 1.45. The molecule has 0 spiro atoms. The molecule has 0 fully saturated rings. The van der Waals surface area contributed by atoms with Gasteiger partial charge in [0.15, 0.2) is 0 Å². The van der Waals surface area contributed by atoms with Crippen LogP contribution in [0.15, 0.2) is 35.0 Å². The highest BCUT2D eigenvalue weighted by atomic mass is 32.1. The Balaban J connectivity index is 2.47. The molecular formula is C12H12OS. The van der Waals surface area contributed by atoms with Gasteiger partial charge in [-0.3, -0.25) is 0 Å². The van der Waals surface area contributed by atoms with Gasteiger partial charge in [-0.25, -0.2) is 0 Å². The molecule has 1 heterocycles. The molecule has 1 aromatic heterocycles. The molecule has 0 atom stereocenters. The SMILES string of the molecule is COc1cccc(-c2cscc2C)c1. The van der Waals surface area contributed by atoms with Gasteiger partial charge in [-0.2, -0.15) is 11.3 Å². The second-order valence-electron chi connectivity index (χ2n) is 3.20. The number of benzene rings is 1. The third kappa shape index (κ3) is 1.66. The molecule has 1 nitrogen and oxygen atoms in total. The van der Waals surface area contributed by atoms with Crippen LogP contribution in [0.2, 0.25) is 0 Å². The number of hydrogen-bond acceptors (Lipinski definition) is 2. The van der Waals surface area contributed by atoms with Crippen LogP contribution >= 0.6 is 11.3 Å². The van der Waals surface area contributed by atoms with Crippen molar-refractivity contribution < 1.29 is 4.74 Å². The molecule has 0 saturated carbocycles. The van der Waals surface area contributed by atoms with E-state index in [2.05, 4.69) is 29.8 Å². The predicted octanol–water partition coefficient (Wildman–Crippen LogP) is 3.73. The maximum atomic E-state index is 5.20. The van der Waals surface area contributed by atoms with Gasteiger partial charge in [0.2, 0.25) is 0 Å². The van der Waals surface area contributed by atoms with Crippen LogP contribution in [0, 0.1) is 6.92 Å². The summed E-state index contributed by atoms with van der Waals surface area (Å²) in [5, 5.41) is 4.33. The highest BCUT2D eigenvalue weighted by Gasteiger charge is 2.03. The van der Waals surface area contributed by atoms with E-state index in [0.29, 0.717) is 0 Å². The van der Waals surface area contributed by atoms with E-state index >= 15 is 0 Å². The fraction of sp³-hybridized carbons (Fsp3) is 0.167. The average molecular weight is 204 g/mol. The highest BCUT2D eigenvalue weighted by molar-refractivity contribution is 7.08. The molecule has 0 aliphatic rings. The van der Waals surface area contributed by atoms with Crippen LogP contribution in [0.25, 0.3) is 11.1 Å². The molecule has 72 valence electrons. The standard InChI is InChI=1S/C12H12OS/c1-9-7-14-8-12(9)10-4-3-5-11(6-10)13-2/h3-8H,1-2H3. The summed E-state index contributed by atoms with van der Waals surface area (Å²) in [4.78, 5) is 0. The van der Waals surface area contributed by atoms with Crippen LogP contribution in [0.1, 0.15) is 5.56 Å². The molecule has 0 saturated heterocycles. The van der Waals surface area contributed by atoms with E-state index in [9.17, 15) is 0 Å².